The molecule has 0 saturated heterocycles. The smallest absolute Gasteiger partial charge is 0.0843 e. The normalized spacial score (nSPS) is 11.7. The first-order chi connectivity index (χ1) is 5.97. The fraction of sp³-hybridized carbons (Fsp3) is 0.143. The molecule has 0 unspecified atom stereocenters. The Labute approximate surface area is 105 Å². The van der Waals surface area contributed by atoms with E-state index in [0.717, 1.165) is 15.7 Å². The molecular formula is C7H4Cl4S2. The summed E-state index contributed by atoms with van der Waals surface area (Å²) in [5.74, 6) is 0. The highest BCUT2D eigenvalue weighted by Crippen LogP contribution is 2.48. The second-order valence-electron chi connectivity index (χ2n) is 2.07. The van der Waals surface area contributed by atoms with Crippen LogP contribution in [0.4, 0.5) is 0 Å². The van der Waals surface area contributed by atoms with Crippen LogP contribution in [0.2, 0.25) is 5.02 Å². The van der Waals surface area contributed by atoms with Gasteiger partial charge in [0, 0.05) is 9.92 Å². The summed E-state index contributed by atoms with van der Waals surface area (Å²) in [5.41, 5.74) is 0. The van der Waals surface area contributed by atoms with Gasteiger partial charge in [0.15, 0.2) is 0 Å². The molecule has 0 spiro atoms. The molecule has 1 rings (SSSR count). The lowest BCUT2D eigenvalue weighted by atomic mass is 10.4. The van der Waals surface area contributed by atoms with Crippen LogP contribution in [0, 0.1) is 0 Å². The Kier molecular flexibility index (Phi) is 4.90. The average molecular weight is 294 g/mol. The minimum atomic E-state index is -1.29. The summed E-state index contributed by atoms with van der Waals surface area (Å²) in [6.45, 7) is 0. The van der Waals surface area contributed by atoms with E-state index in [2.05, 4.69) is 0 Å². The van der Waals surface area contributed by atoms with E-state index < -0.39 is 3.12 Å². The van der Waals surface area contributed by atoms with E-state index >= 15 is 0 Å². The summed E-state index contributed by atoms with van der Waals surface area (Å²) in [6.07, 6.45) is 0. The summed E-state index contributed by atoms with van der Waals surface area (Å²) in [5, 5.41) is 0.697. The molecule has 6 heteroatoms. The fourth-order valence-electron chi connectivity index (χ4n) is 0.586. The van der Waals surface area contributed by atoms with Crippen LogP contribution in [0.25, 0.3) is 0 Å². The van der Waals surface area contributed by atoms with E-state index in [-0.39, 0.29) is 0 Å². The van der Waals surface area contributed by atoms with Gasteiger partial charge in [-0.1, -0.05) is 57.2 Å². The molecule has 1 aromatic carbocycles. The first kappa shape index (κ1) is 12.2. The molecule has 0 amide bonds. The maximum Gasteiger partial charge on any atom is 0.247 e. The van der Waals surface area contributed by atoms with Gasteiger partial charge in [-0.2, -0.15) is 0 Å². The van der Waals surface area contributed by atoms with Crippen molar-refractivity contribution < 1.29 is 0 Å². The monoisotopic (exact) mass is 292 g/mol. The molecule has 0 bridgehead atoms. The van der Waals surface area contributed by atoms with Crippen LogP contribution < -0.4 is 0 Å². The lowest BCUT2D eigenvalue weighted by molar-refractivity contribution is 1.48. The van der Waals surface area contributed by atoms with Gasteiger partial charge in [-0.3, -0.25) is 0 Å². The molecule has 13 heavy (non-hydrogen) atoms. The first-order valence-electron chi connectivity index (χ1n) is 3.15. The molecule has 0 aromatic heterocycles. The van der Waals surface area contributed by atoms with Crippen molar-refractivity contribution in [3.63, 3.8) is 0 Å². The predicted octanol–water partition coefficient (Wildman–Crippen LogP) is 5.41. The SMILES string of the molecule is Clc1ccc(SSC(Cl)(Cl)Cl)cc1. The van der Waals surface area contributed by atoms with E-state index in [1.54, 1.807) is 12.1 Å². The lowest BCUT2D eigenvalue weighted by Gasteiger charge is -2.08. The topological polar surface area (TPSA) is 0 Å². The van der Waals surface area contributed by atoms with Gasteiger partial charge in [0.25, 0.3) is 0 Å². The van der Waals surface area contributed by atoms with E-state index in [0.29, 0.717) is 5.02 Å². The summed E-state index contributed by atoms with van der Waals surface area (Å²) in [7, 11) is 2.56. The van der Waals surface area contributed by atoms with Gasteiger partial charge >= 0.3 is 0 Å². The molecular weight excluding hydrogens is 290 g/mol. The molecule has 0 aliphatic rings. The zero-order valence-corrected chi connectivity index (χ0v) is 10.8. The van der Waals surface area contributed by atoms with Gasteiger partial charge in [0.05, 0.1) is 0 Å². The standard InChI is InChI=1S/C7H4Cl4S2/c8-5-1-3-6(4-2-5)12-13-7(9,10)11/h1-4H. The molecule has 0 N–H and O–H groups in total. The van der Waals surface area contributed by atoms with Gasteiger partial charge in [0.1, 0.15) is 0 Å². The summed E-state index contributed by atoms with van der Waals surface area (Å²) < 4.78 is -1.29. The summed E-state index contributed by atoms with van der Waals surface area (Å²) in [6, 6.07) is 7.33. The number of hydrogen-bond acceptors (Lipinski definition) is 2. The quantitative estimate of drug-likeness (QED) is 0.528. The summed E-state index contributed by atoms with van der Waals surface area (Å²) >= 11 is 22.4. The molecule has 0 atom stereocenters. The van der Waals surface area contributed by atoms with E-state index in [4.69, 9.17) is 46.4 Å². The van der Waals surface area contributed by atoms with Crippen molar-refractivity contribution in [3.8, 4) is 0 Å². The van der Waals surface area contributed by atoms with Crippen molar-refractivity contribution in [3.05, 3.63) is 29.3 Å². The number of alkyl halides is 3. The van der Waals surface area contributed by atoms with Crippen molar-refractivity contribution in [2.24, 2.45) is 0 Å². The predicted molar refractivity (Wildman–Crippen MR) is 65.2 cm³/mol. The Bertz CT molecular complexity index is 267. The van der Waals surface area contributed by atoms with Crippen LogP contribution >= 0.6 is 68.0 Å². The highest BCUT2D eigenvalue weighted by atomic mass is 35.6. The molecule has 0 aliphatic carbocycles. The van der Waals surface area contributed by atoms with Crippen molar-refractivity contribution in [1.82, 2.24) is 0 Å². The zero-order valence-electron chi connectivity index (χ0n) is 6.14. The molecule has 0 fully saturated rings. The first-order valence-corrected chi connectivity index (χ1v) is 6.81. The fourth-order valence-corrected chi connectivity index (χ4v) is 2.91. The van der Waals surface area contributed by atoms with Gasteiger partial charge in [0.2, 0.25) is 3.12 Å². The minimum absolute atomic E-state index is 0.697. The van der Waals surface area contributed by atoms with Gasteiger partial charge in [-0.05, 0) is 35.1 Å². The molecule has 1 aromatic rings. The van der Waals surface area contributed by atoms with Crippen LogP contribution in [0.1, 0.15) is 0 Å². The molecule has 72 valence electrons. The third-order valence-corrected chi connectivity index (χ3v) is 5.13. The third-order valence-electron chi connectivity index (χ3n) is 1.05. The number of benzene rings is 1. The third kappa shape index (κ3) is 5.50. The maximum absolute atomic E-state index is 5.71. The van der Waals surface area contributed by atoms with Crippen molar-refractivity contribution in [1.29, 1.82) is 0 Å². The Morgan fingerprint density at radius 1 is 1.00 bits per heavy atom. The molecule has 0 radical (unpaired) electrons. The lowest BCUT2D eigenvalue weighted by Crippen LogP contribution is -1.88. The van der Waals surface area contributed by atoms with Crippen LogP contribution in [0.5, 0.6) is 0 Å². The Morgan fingerprint density at radius 3 is 2.00 bits per heavy atom. The van der Waals surface area contributed by atoms with Crippen molar-refractivity contribution >= 4 is 68.0 Å². The van der Waals surface area contributed by atoms with Crippen molar-refractivity contribution in [2.75, 3.05) is 0 Å². The Balaban J connectivity index is 2.51. The highest BCUT2D eigenvalue weighted by molar-refractivity contribution is 8.78. The van der Waals surface area contributed by atoms with Crippen LogP contribution in [-0.4, -0.2) is 3.12 Å². The number of hydrogen-bond donors (Lipinski definition) is 0. The molecule has 0 saturated carbocycles. The second-order valence-corrected chi connectivity index (χ2v) is 7.87. The molecule has 0 heterocycles. The Hall–Kier alpha value is 1.08. The Morgan fingerprint density at radius 2 is 1.54 bits per heavy atom. The highest BCUT2D eigenvalue weighted by Gasteiger charge is 2.20. The van der Waals surface area contributed by atoms with E-state index in [1.807, 2.05) is 12.1 Å². The van der Waals surface area contributed by atoms with Crippen LogP contribution in [-0.2, 0) is 0 Å². The maximum atomic E-state index is 5.71. The largest absolute Gasteiger partial charge is 0.247 e. The molecule has 0 nitrogen and oxygen atoms in total. The number of rotatable bonds is 2. The van der Waals surface area contributed by atoms with Gasteiger partial charge < -0.3 is 0 Å². The number of halogens is 4. The minimum Gasteiger partial charge on any atom is -0.0843 e. The van der Waals surface area contributed by atoms with Crippen LogP contribution in [0.15, 0.2) is 29.2 Å². The van der Waals surface area contributed by atoms with E-state index in [1.165, 1.54) is 10.8 Å². The van der Waals surface area contributed by atoms with Gasteiger partial charge in [-0.15, -0.1) is 0 Å². The van der Waals surface area contributed by atoms with Gasteiger partial charge in [-0.25, -0.2) is 0 Å². The van der Waals surface area contributed by atoms with Crippen LogP contribution in [0.3, 0.4) is 0 Å². The zero-order chi connectivity index (χ0) is 9.90. The summed E-state index contributed by atoms with van der Waals surface area (Å²) in [4.78, 5) is 1.00. The average Bonchev–Trinajstić information content (AvgIpc) is 2.02. The van der Waals surface area contributed by atoms with Crippen molar-refractivity contribution in [2.45, 2.75) is 8.02 Å². The second kappa shape index (κ2) is 5.24. The van der Waals surface area contributed by atoms with E-state index in [9.17, 15) is 0 Å². The molecule has 0 aliphatic heterocycles.